The molecule has 0 spiro atoms. The van der Waals surface area contributed by atoms with Gasteiger partial charge in [-0.1, -0.05) is 0 Å². The van der Waals surface area contributed by atoms with Gasteiger partial charge >= 0.3 is 29.9 Å². The molecule has 0 aromatic carbocycles. The fourth-order valence-electron chi connectivity index (χ4n) is 1.10. The number of ketones is 1. The summed E-state index contributed by atoms with van der Waals surface area (Å²) < 4.78 is 0. The number of carbonyl (C=O) groups excluding carboxylic acids is 2. The first-order valence-corrected chi connectivity index (χ1v) is 7.04. The zero-order valence-corrected chi connectivity index (χ0v) is 13.8. The van der Waals surface area contributed by atoms with Gasteiger partial charge in [0, 0.05) is 19.3 Å². The molecule has 1 atom stereocenters. The summed E-state index contributed by atoms with van der Waals surface area (Å²) in [7, 11) is 0. The molecule has 13 heteroatoms. The molecule has 0 aliphatic carbocycles. The van der Waals surface area contributed by atoms with Crippen LogP contribution in [0.5, 0.6) is 0 Å². The lowest BCUT2D eigenvalue weighted by Gasteiger charge is -2.02. The van der Waals surface area contributed by atoms with Gasteiger partial charge in [-0.3, -0.25) is 19.2 Å². The molecule has 0 saturated heterocycles. The SMILES string of the molecule is NC(CCCC(=O)O)C(=O)O.NC(N)=O.O=C(O)CCCC(=O)C(=O)O. The Morgan fingerprint density at radius 2 is 1.12 bits per heavy atom. The predicted molar refractivity (Wildman–Crippen MR) is 85.0 cm³/mol. The molecule has 0 aliphatic heterocycles. The van der Waals surface area contributed by atoms with Gasteiger partial charge in [-0.2, -0.15) is 0 Å². The van der Waals surface area contributed by atoms with Crippen LogP contribution in [-0.2, 0) is 24.0 Å². The number of hydrogen-bond acceptors (Lipinski definition) is 7. The highest BCUT2D eigenvalue weighted by molar-refractivity contribution is 6.32. The summed E-state index contributed by atoms with van der Waals surface area (Å²) in [5.74, 6) is -5.48. The summed E-state index contributed by atoms with van der Waals surface area (Å²) in [5.41, 5.74) is 13.6. The zero-order valence-electron chi connectivity index (χ0n) is 13.8. The van der Waals surface area contributed by atoms with E-state index >= 15 is 0 Å². The van der Waals surface area contributed by atoms with Gasteiger partial charge < -0.3 is 37.6 Å². The van der Waals surface area contributed by atoms with Crippen molar-refractivity contribution >= 4 is 35.7 Å². The second-order valence-electron chi connectivity index (χ2n) is 4.61. The second kappa shape index (κ2) is 16.6. The van der Waals surface area contributed by atoms with Crippen LogP contribution < -0.4 is 17.2 Å². The van der Waals surface area contributed by atoms with Crippen LogP contribution in [0.15, 0.2) is 0 Å². The Morgan fingerprint density at radius 3 is 1.42 bits per heavy atom. The maximum atomic E-state index is 10.3. The Bertz CT molecular complexity index is 502. The minimum absolute atomic E-state index is 0.0268. The molecule has 0 fully saturated rings. The molecule has 26 heavy (non-hydrogen) atoms. The maximum Gasteiger partial charge on any atom is 0.372 e. The first-order valence-electron chi connectivity index (χ1n) is 7.04. The van der Waals surface area contributed by atoms with Crippen molar-refractivity contribution in [3.8, 4) is 0 Å². The Hall–Kier alpha value is -3.22. The lowest BCUT2D eigenvalue weighted by atomic mass is 10.1. The number of Topliss-reactive ketones (excluding diaryl/α,β-unsaturated/α-hetero) is 1. The van der Waals surface area contributed by atoms with Crippen molar-refractivity contribution < 1.29 is 49.2 Å². The van der Waals surface area contributed by atoms with Crippen molar-refractivity contribution in [3.63, 3.8) is 0 Å². The van der Waals surface area contributed by atoms with E-state index in [4.69, 9.17) is 31.0 Å². The van der Waals surface area contributed by atoms with Crippen LogP contribution in [0, 0.1) is 0 Å². The molecule has 2 amide bonds. The summed E-state index contributed by atoms with van der Waals surface area (Å²) in [4.78, 5) is 59.2. The van der Waals surface area contributed by atoms with Gasteiger partial charge in [-0.05, 0) is 19.3 Å². The number of carboxylic acid groups (broad SMARTS) is 4. The van der Waals surface area contributed by atoms with Gasteiger partial charge in [0.15, 0.2) is 0 Å². The van der Waals surface area contributed by atoms with Gasteiger partial charge in [-0.25, -0.2) is 9.59 Å². The van der Waals surface area contributed by atoms with E-state index in [0.717, 1.165) is 0 Å². The summed E-state index contributed by atoms with van der Waals surface area (Å²) in [6.45, 7) is 0. The zero-order chi connectivity index (χ0) is 21.3. The quantitative estimate of drug-likeness (QED) is 0.216. The fraction of sp³-hybridized carbons (Fsp3) is 0.538. The molecular formula is C13H23N3O10. The molecule has 0 radical (unpaired) electrons. The number of urea groups is 1. The molecule has 0 saturated carbocycles. The largest absolute Gasteiger partial charge is 0.481 e. The Balaban J connectivity index is -0.000000338. The van der Waals surface area contributed by atoms with E-state index in [0.29, 0.717) is 6.42 Å². The third-order valence-corrected chi connectivity index (χ3v) is 2.26. The van der Waals surface area contributed by atoms with Gasteiger partial charge in [0.25, 0.3) is 0 Å². The maximum absolute atomic E-state index is 10.3. The topological polar surface area (TPSA) is 261 Å². The molecule has 13 nitrogen and oxygen atoms in total. The highest BCUT2D eigenvalue weighted by Crippen LogP contribution is 1.98. The molecule has 0 aromatic rings. The standard InChI is InChI=1S/C6H11NO4.C6H8O5.CH4N2O/c2*7-4(6(10)11)2-1-3-5(8)9;2-1(3)4/h4H,1-3,7H2,(H,8,9)(H,10,11);1-3H2,(H,8,9)(H,10,11);(H4,2,3,4). The van der Waals surface area contributed by atoms with Crippen molar-refractivity contribution in [2.24, 2.45) is 17.2 Å². The van der Waals surface area contributed by atoms with Crippen LogP contribution in [0.25, 0.3) is 0 Å². The summed E-state index contributed by atoms with van der Waals surface area (Å²) >= 11 is 0. The van der Waals surface area contributed by atoms with Crippen LogP contribution in [0.3, 0.4) is 0 Å². The van der Waals surface area contributed by atoms with Crippen LogP contribution >= 0.6 is 0 Å². The van der Waals surface area contributed by atoms with E-state index in [1.54, 1.807) is 0 Å². The molecule has 0 heterocycles. The highest BCUT2D eigenvalue weighted by atomic mass is 16.4. The van der Waals surface area contributed by atoms with Gasteiger partial charge in [0.2, 0.25) is 5.78 Å². The lowest BCUT2D eigenvalue weighted by Crippen LogP contribution is -2.29. The van der Waals surface area contributed by atoms with E-state index in [2.05, 4.69) is 11.5 Å². The monoisotopic (exact) mass is 381 g/mol. The minimum Gasteiger partial charge on any atom is -0.481 e. The smallest absolute Gasteiger partial charge is 0.372 e. The number of amides is 2. The van der Waals surface area contributed by atoms with E-state index in [1.165, 1.54) is 0 Å². The van der Waals surface area contributed by atoms with Gasteiger partial charge in [0.05, 0.1) is 0 Å². The van der Waals surface area contributed by atoms with Gasteiger partial charge in [-0.15, -0.1) is 0 Å². The minimum atomic E-state index is -1.50. The molecule has 0 aliphatic rings. The Kier molecular flexibility index (Phi) is 17.7. The number of primary amides is 2. The molecule has 0 bridgehead atoms. The second-order valence-corrected chi connectivity index (χ2v) is 4.61. The van der Waals surface area contributed by atoms with Crippen molar-refractivity contribution in [2.75, 3.05) is 0 Å². The number of hydrogen-bond donors (Lipinski definition) is 7. The number of carboxylic acids is 4. The lowest BCUT2D eigenvalue weighted by molar-refractivity contribution is -0.149. The highest BCUT2D eigenvalue weighted by Gasteiger charge is 2.11. The third kappa shape index (κ3) is 28.9. The molecular weight excluding hydrogens is 358 g/mol. The average molecular weight is 381 g/mol. The van der Waals surface area contributed by atoms with E-state index in [1.807, 2.05) is 0 Å². The van der Waals surface area contributed by atoms with E-state index in [9.17, 15) is 24.0 Å². The van der Waals surface area contributed by atoms with Crippen molar-refractivity contribution in [1.82, 2.24) is 0 Å². The number of nitrogens with two attached hydrogens (primary N) is 3. The number of rotatable bonds is 10. The summed E-state index contributed by atoms with van der Waals surface area (Å²) in [6.07, 6.45) is 0.201. The van der Waals surface area contributed by atoms with Crippen molar-refractivity contribution in [3.05, 3.63) is 0 Å². The fourth-order valence-corrected chi connectivity index (χ4v) is 1.10. The van der Waals surface area contributed by atoms with E-state index in [-0.39, 0.29) is 32.1 Å². The average Bonchev–Trinajstić information content (AvgIpc) is 2.46. The molecule has 10 N–H and O–H groups in total. The Labute approximate surface area is 147 Å². The summed E-state index contributed by atoms with van der Waals surface area (Å²) in [6, 6.07) is -1.77. The van der Waals surface area contributed by atoms with Crippen LogP contribution in [0.1, 0.15) is 38.5 Å². The number of aliphatic carboxylic acids is 4. The third-order valence-electron chi connectivity index (χ3n) is 2.26. The number of carbonyl (C=O) groups is 6. The van der Waals surface area contributed by atoms with Gasteiger partial charge in [0.1, 0.15) is 6.04 Å². The van der Waals surface area contributed by atoms with E-state index < -0.39 is 41.7 Å². The normalized spacial score (nSPS) is 10.0. The summed E-state index contributed by atoms with van der Waals surface area (Å²) in [5, 5.41) is 32.6. The molecule has 0 aromatic heterocycles. The van der Waals surface area contributed by atoms with Crippen LogP contribution in [0.2, 0.25) is 0 Å². The van der Waals surface area contributed by atoms with Crippen LogP contribution in [0.4, 0.5) is 4.79 Å². The first kappa shape index (κ1) is 27.6. The first-order chi connectivity index (χ1) is 11.8. The molecule has 1 unspecified atom stereocenters. The van der Waals surface area contributed by atoms with Crippen molar-refractivity contribution in [1.29, 1.82) is 0 Å². The molecule has 0 rings (SSSR count). The predicted octanol–water partition coefficient (Wildman–Crippen LogP) is -1.43. The van der Waals surface area contributed by atoms with Crippen LogP contribution in [-0.4, -0.2) is 62.2 Å². The molecule has 150 valence electrons. The Morgan fingerprint density at radius 1 is 0.731 bits per heavy atom. The van der Waals surface area contributed by atoms with Crippen molar-refractivity contribution in [2.45, 2.75) is 44.6 Å².